The number of aromatic hydroxyl groups is 1. The second kappa shape index (κ2) is 8.45. The van der Waals surface area contributed by atoms with Gasteiger partial charge in [0.1, 0.15) is 29.4 Å². The van der Waals surface area contributed by atoms with Gasteiger partial charge < -0.3 is 15.3 Å². The topological polar surface area (TPSA) is 91.2 Å². The highest BCUT2D eigenvalue weighted by Crippen LogP contribution is 2.45. The number of aromatic nitrogens is 3. The summed E-state index contributed by atoms with van der Waals surface area (Å²) in [5, 5.41) is 20.9. The molecule has 0 spiro atoms. The number of alkyl halides is 1. The maximum Gasteiger partial charge on any atom is 0.213 e. The van der Waals surface area contributed by atoms with E-state index in [1.165, 1.54) is 37.5 Å². The average Bonchev–Trinajstić information content (AvgIpc) is 2.76. The molecule has 2 N–H and O–H groups in total. The monoisotopic (exact) mass is 443 g/mol. The fraction of sp³-hybridized carbons (Fsp3) is 0.273. The number of anilines is 2. The van der Waals surface area contributed by atoms with Crippen LogP contribution >= 0.6 is 0 Å². The molecule has 2 aromatic heterocycles. The molecule has 10 heteroatoms. The third kappa shape index (κ3) is 3.95. The molecule has 1 amide bonds. The molecular formula is C22H20F3N5O2. The van der Waals surface area contributed by atoms with Crippen molar-refractivity contribution >= 4 is 17.9 Å². The number of phenols is 1. The summed E-state index contributed by atoms with van der Waals surface area (Å²) in [6.07, 6.45) is 1.22. The maximum atomic E-state index is 14.4. The van der Waals surface area contributed by atoms with Gasteiger partial charge in [0.25, 0.3) is 0 Å². The molecule has 0 unspecified atom stereocenters. The molecule has 166 valence electrons. The quantitative estimate of drug-likeness (QED) is 0.543. The van der Waals surface area contributed by atoms with E-state index >= 15 is 0 Å². The largest absolute Gasteiger partial charge is 0.506 e. The number of hydrogen-bond acceptors (Lipinski definition) is 6. The van der Waals surface area contributed by atoms with Gasteiger partial charge in [0.15, 0.2) is 0 Å². The van der Waals surface area contributed by atoms with Crippen molar-refractivity contribution in [1.82, 2.24) is 15.2 Å². The highest BCUT2D eigenvalue weighted by molar-refractivity contribution is 5.81. The minimum absolute atomic E-state index is 0.0526. The molecular weight excluding hydrogens is 423 g/mol. The highest BCUT2D eigenvalue weighted by Gasteiger charge is 2.48. The van der Waals surface area contributed by atoms with Crippen molar-refractivity contribution in [2.75, 3.05) is 23.8 Å². The number of pyridine rings is 1. The zero-order valence-corrected chi connectivity index (χ0v) is 17.1. The number of hydrogen-bond donors (Lipinski definition) is 2. The van der Waals surface area contributed by atoms with E-state index in [1.54, 1.807) is 6.07 Å². The van der Waals surface area contributed by atoms with E-state index in [0.29, 0.717) is 12.2 Å². The van der Waals surface area contributed by atoms with Crippen LogP contribution in [-0.2, 0) is 10.2 Å². The summed E-state index contributed by atoms with van der Waals surface area (Å²) in [6.45, 7) is 0.206. The first-order valence-corrected chi connectivity index (χ1v) is 9.86. The van der Waals surface area contributed by atoms with Crippen LogP contribution < -0.4 is 10.2 Å². The summed E-state index contributed by atoms with van der Waals surface area (Å²) in [6, 6.07) is 8.05. The Morgan fingerprint density at radius 2 is 2.00 bits per heavy atom. The molecule has 0 saturated heterocycles. The molecule has 0 atom stereocenters. The van der Waals surface area contributed by atoms with Crippen molar-refractivity contribution in [2.45, 2.75) is 24.4 Å². The van der Waals surface area contributed by atoms with Crippen LogP contribution in [0.25, 0.3) is 11.3 Å². The number of amides is 1. The van der Waals surface area contributed by atoms with Gasteiger partial charge >= 0.3 is 0 Å². The number of benzene rings is 1. The molecule has 7 nitrogen and oxygen atoms in total. The molecule has 0 bridgehead atoms. The maximum absolute atomic E-state index is 14.4. The van der Waals surface area contributed by atoms with Crippen LogP contribution in [0.4, 0.5) is 24.7 Å². The summed E-state index contributed by atoms with van der Waals surface area (Å²) >= 11 is 0. The highest BCUT2D eigenvalue weighted by atomic mass is 19.1. The SMILES string of the molecule is CN(C=O)c1cc(-c2ccc(NCC3(c4ncccc4F)CC(F)C3)nn2)c(F)cc1O. The normalized spacial score (nSPS) is 19.8. The Kier molecular flexibility index (Phi) is 5.68. The number of halogens is 3. The van der Waals surface area contributed by atoms with Gasteiger partial charge in [-0.2, -0.15) is 0 Å². The van der Waals surface area contributed by atoms with E-state index < -0.39 is 23.2 Å². The number of carbonyl (C=O) groups is 1. The van der Waals surface area contributed by atoms with Crippen LogP contribution in [0.15, 0.2) is 42.6 Å². The Bertz CT molecular complexity index is 1140. The zero-order chi connectivity index (χ0) is 22.9. The minimum Gasteiger partial charge on any atom is -0.506 e. The molecule has 0 radical (unpaired) electrons. The Labute approximate surface area is 181 Å². The van der Waals surface area contributed by atoms with Gasteiger partial charge in [-0.05, 0) is 43.2 Å². The second-order valence-electron chi connectivity index (χ2n) is 7.81. The van der Waals surface area contributed by atoms with E-state index in [-0.39, 0.29) is 47.8 Å². The molecule has 1 aliphatic carbocycles. The van der Waals surface area contributed by atoms with Gasteiger partial charge in [0, 0.05) is 36.8 Å². The molecule has 1 aliphatic rings. The molecule has 0 aliphatic heterocycles. The summed E-state index contributed by atoms with van der Waals surface area (Å²) in [5.74, 6) is -1.25. The van der Waals surface area contributed by atoms with Crippen molar-refractivity contribution < 1.29 is 23.1 Å². The number of rotatable bonds is 7. The smallest absolute Gasteiger partial charge is 0.213 e. The number of nitrogens with zero attached hydrogens (tertiary/aromatic N) is 4. The number of phenolic OH excluding ortho intramolecular Hbond substituents is 1. The second-order valence-corrected chi connectivity index (χ2v) is 7.81. The Morgan fingerprint density at radius 3 is 2.62 bits per heavy atom. The van der Waals surface area contributed by atoms with Crippen LogP contribution in [0.5, 0.6) is 5.75 Å². The minimum atomic E-state index is -1.03. The van der Waals surface area contributed by atoms with Gasteiger partial charge in [-0.1, -0.05) is 0 Å². The Hall–Kier alpha value is -3.69. The van der Waals surface area contributed by atoms with Crippen molar-refractivity contribution in [3.63, 3.8) is 0 Å². The van der Waals surface area contributed by atoms with Crippen LogP contribution in [0.1, 0.15) is 18.5 Å². The van der Waals surface area contributed by atoms with E-state index in [2.05, 4.69) is 20.5 Å². The standard InChI is InChI=1S/C22H20F3N5O2/c1-30(12-31)18-7-14(16(25)8-19(18)32)17-4-5-20(29-28-17)27-11-22(9-13(23)10-22)21-15(24)3-2-6-26-21/h2-8,12-13,32H,9-11H2,1H3,(H,27,29). The molecule has 32 heavy (non-hydrogen) atoms. The number of carbonyl (C=O) groups excluding carboxylic acids is 1. The lowest BCUT2D eigenvalue weighted by molar-refractivity contribution is -0.107. The molecule has 1 aromatic carbocycles. The van der Waals surface area contributed by atoms with E-state index in [4.69, 9.17) is 0 Å². The van der Waals surface area contributed by atoms with Crippen LogP contribution in [0, 0.1) is 11.6 Å². The Balaban J connectivity index is 1.54. The summed E-state index contributed by atoms with van der Waals surface area (Å²) in [4.78, 5) is 16.2. The predicted octanol–water partition coefficient (Wildman–Crippen LogP) is 3.60. The lowest BCUT2D eigenvalue weighted by Crippen LogP contribution is -2.49. The number of nitrogens with one attached hydrogen (secondary N) is 1. The van der Waals surface area contributed by atoms with Crippen molar-refractivity contribution in [3.05, 3.63) is 59.9 Å². The molecule has 4 rings (SSSR count). The van der Waals surface area contributed by atoms with Crippen LogP contribution in [-0.4, -0.2) is 46.5 Å². The predicted molar refractivity (Wildman–Crippen MR) is 112 cm³/mol. The van der Waals surface area contributed by atoms with Gasteiger partial charge in [0.2, 0.25) is 6.41 Å². The molecule has 2 heterocycles. The zero-order valence-electron chi connectivity index (χ0n) is 17.1. The fourth-order valence-electron chi connectivity index (χ4n) is 3.90. The van der Waals surface area contributed by atoms with Gasteiger partial charge in [-0.15, -0.1) is 10.2 Å². The van der Waals surface area contributed by atoms with Gasteiger partial charge in [0.05, 0.1) is 17.1 Å². The van der Waals surface area contributed by atoms with Gasteiger partial charge in [-0.3, -0.25) is 9.78 Å². The van der Waals surface area contributed by atoms with Crippen molar-refractivity contribution in [3.8, 4) is 17.0 Å². The summed E-state index contributed by atoms with van der Waals surface area (Å²) < 4.78 is 42.3. The first-order chi connectivity index (χ1) is 15.3. The van der Waals surface area contributed by atoms with E-state index in [1.807, 2.05) is 0 Å². The Morgan fingerprint density at radius 1 is 1.22 bits per heavy atom. The van der Waals surface area contributed by atoms with Crippen LogP contribution in [0.2, 0.25) is 0 Å². The average molecular weight is 443 g/mol. The van der Waals surface area contributed by atoms with Crippen LogP contribution in [0.3, 0.4) is 0 Å². The van der Waals surface area contributed by atoms with Crippen molar-refractivity contribution in [1.29, 1.82) is 0 Å². The third-order valence-electron chi connectivity index (χ3n) is 5.64. The third-order valence-corrected chi connectivity index (χ3v) is 5.64. The first-order valence-electron chi connectivity index (χ1n) is 9.86. The molecule has 1 fully saturated rings. The molecule has 1 saturated carbocycles. The summed E-state index contributed by atoms with van der Waals surface area (Å²) in [7, 11) is 1.42. The van der Waals surface area contributed by atoms with E-state index in [0.717, 1.165) is 11.0 Å². The van der Waals surface area contributed by atoms with E-state index in [9.17, 15) is 23.1 Å². The summed E-state index contributed by atoms with van der Waals surface area (Å²) in [5.41, 5.74) is -0.222. The lowest BCUT2D eigenvalue weighted by atomic mass is 9.65. The lowest BCUT2D eigenvalue weighted by Gasteiger charge is -2.44. The first kappa shape index (κ1) is 21.5. The van der Waals surface area contributed by atoms with Gasteiger partial charge in [-0.25, -0.2) is 13.2 Å². The fourth-order valence-corrected chi connectivity index (χ4v) is 3.90. The molecule has 3 aromatic rings. The van der Waals surface area contributed by atoms with Crippen molar-refractivity contribution in [2.24, 2.45) is 0 Å².